The summed E-state index contributed by atoms with van der Waals surface area (Å²) in [7, 11) is 0. The van der Waals surface area contributed by atoms with Crippen LogP contribution >= 0.6 is 11.6 Å². The number of halogens is 1. The van der Waals surface area contributed by atoms with Gasteiger partial charge in [0.25, 0.3) is 0 Å². The van der Waals surface area contributed by atoms with E-state index in [0.717, 1.165) is 18.0 Å². The van der Waals surface area contributed by atoms with E-state index in [1.807, 2.05) is 0 Å². The molecule has 0 saturated carbocycles. The van der Waals surface area contributed by atoms with E-state index in [9.17, 15) is 0 Å². The monoisotopic (exact) mass is 209 g/mol. The molecule has 0 fully saturated rings. The first-order valence-corrected chi connectivity index (χ1v) is 5.49. The van der Waals surface area contributed by atoms with E-state index in [4.69, 9.17) is 11.6 Å². The average Bonchev–Trinajstić information content (AvgIpc) is 2.41. The van der Waals surface area contributed by atoms with Gasteiger partial charge in [-0.2, -0.15) is 0 Å². The molecule has 0 radical (unpaired) electrons. The van der Waals surface area contributed by atoms with Gasteiger partial charge >= 0.3 is 0 Å². The van der Waals surface area contributed by atoms with Crippen LogP contribution in [0.4, 0.5) is 5.69 Å². The predicted molar refractivity (Wildman–Crippen MR) is 62.3 cm³/mol. The van der Waals surface area contributed by atoms with Gasteiger partial charge in [0.1, 0.15) is 0 Å². The maximum Gasteiger partial charge on any atom is 0.0458 e. The Bertz CT molecular complexity index is 369. The lowest BCUT2D eigenvalue weighted by Crippen LogP contribution is -2.19. The third-order valence-electron chi connectivity index (χ3n) is 3.02. The second-order valence-electron chi connectivity index (χ2n) is 4.58. The minimum absolute atomic E-state index is 0.240. The minimum atomic E-state index is 0.240. The van der Waals surface area contributed by atoms with E-state index in [1.54, 1.807) is 0 Å². The van der Waals surface area contributed by atoms with Crippen molar-refractivity contribution in [3.63, 3.8) is 0 Å². The van der Waals surface area contributed by atoms with E-state index in [0.29, 0.717) is 0 Å². The Morgan fingerprint density at radius 2 is 2.14 bits per heavy atom. The Hall–Kier alpha value is -0.690. The zero-order chi connectivity index (χ0) is 10.3. The highest BCUT2D eigenvalue weighted by Gasteiger charge is 2.30. The summed E-state index contributed by atoms with van der Waals surface area (Å²) in [5.41, 5.74) is 4.10. The summed E-state index contributed by atoms with van der Waals surface area (Å²) < 4.78 is 0. The van der Waals surface area contributed by atoms with E-state index in [-0.39, 0.29) is 5.41 Å². The normalized spacial score (nSPS) is 17.7. The fourth-order valence-electron chi connectivity index (χ4n) is 2.01. The van der Waals surface area contributed by atoms with Crippen LogP contribution in [0.5, 0.6) is 0 Å². The van der Waals surface area contributed by atoms with E-state index >= 15 is 0 Å². The third-order valence-corrected chi connectivity index (χ3v) is 3.37. The van der Waals surface area contributed by atoms with Gasteiger partial charge in [-0.05, 0) is 23.6 Å². The molecule has 1 aromatic carbocycles. The van der Waals surface area contributed by atoms with Crippen molar-refractivity contribution < 1.29 is 0 Å². The number of hydrogen-bond donors (Lipinski definition) is 1. The van der Waals surface area contributed by atoms with Crippen molar-refractivity contribution in [2.24, 2.45) is 0 Å². The Kier molecular flexibility index (Phi) is 2.23. The molecule has 14 heavy (non-hydrogen) atoms. The quantitative estimate of drug-likeness (QED) is 0.745. The highest BCUT2D eigenvalue weighted by atomic mass is 35.5. The van der Waals surface area contributed by atoms with E-state index < -0.39 is 0 Å². The maximum atomic E-state index is 6.16. The largest absolute Gasteiger partial charge is 0.384 e. The third kappa shape index (κ3) is 1.40. The maximum absolute atomic E-state index is 6.16. The van der Waals surface area contributed by atoms with Crippen LogP contribution in [0.15, 0.2) is 12.1 Å². The van der Waals surface area contributed by atoms with Crippen molar-refractivity contribution in [3.8, 4) is 0 Å². The number of aryl methyl sites for hydroxylation is 1. The predicted octanol–water partition coefficient (Wildman–Crippen LogP) is 3.61. The Balaban J connectivity index is 2.56. The fourth-order valence-corrected chi connectivity index (χ4v) is 2.30. The fraction of sp³-hybridized carbons (Fsp3) is 0.500. The summed E-state index contributed by atoms with van der Waals surface area (Å²) in [5, 5.41) is 4.28. The van der Waals surface area contributed by atoms with Gasteiger partial charge in [-0.15, -0.1) is 0 Å². The Morgan fingerprint density at radius 3 is 2.79 bits per heavy atom. The molecule has 2 heteroatoms. The molecule has 1 aliphatic heterocycles. The van der Waals surface area contributed by atoms with Crippen LogP contribution in [0.2, 0.25) is 5.02 Å². The lowest BCUT2D eigenvalue weighted by molar-refractivity contribution is 0.585. The van der Waals surface area contributed by atoms with E-state index in [1.165, 1.54) is 16.8 Å². The number of hydrogen-bond acceptors (Lipinski definition) is 1. The molecule has 1 nitrogen and oxygen atoms in total. The van der Waals surface area contributed by atoms with Gasteiger partial charge in [0.05, 0.1) is 0 Å². The summed E-state index contributed by atoms with van der Waals surface area (Å²) in [6, 6.07) is 4.31. The van der Waals surface area contributed by atoms with Gasteiger partial charge in [0, 0.05) is 22.7 Å². The first-order chi connectivity index (χ1) is 6.54. The first-order valence-electron chi connectivity index (χ1n) is 5.11. The standard InChI is InChI=1S/C12H16ClN/c1-4-8-5-9-11(6-10(8)13)14-7-12(9,2)3/h5-6,14H,4,7H2,1-3H3. The molecule has 76 valence electrons. The highest BCUT2D eigenvalue weighted by Crippen LogP contribution is 2.39. The molecule has 0 atom stereocenters. The lowest BCUT2D eigenvalue weighted by atomic mass is 9.86. The molecular formula is C12H16ClN. The molecule has 0 bridgehead atoms. The van der Waals surface area contributed by atoms with Crippen LogP contribution in [-0.2, 0) is 11.8 Å². The molecule has 2 rings (SSSR count). The smallest absolute Gasteiger partial charge is 0.0458 e. The second-order valence-corrected chi connectivity index (χ2v) is 4.99. The summed E-state index contributed by atoms with van der Waals surface area (Å²) in [6.07, 6.45) is 1.00. The molecule has 1 heterocycles. The number of benzene rings is 1. The minimum Gasteiger partial charge on any atom is -0.384 e. The van der Waals surface area contributed by atoms with Crippen molar-refractivity contribution in [1.29, 1.82) is 0 Å². The van der Waals surface area contributed by atoms with Crippen LogP contribution in [0.1, 0.15) is 31.9 Å². The van der Waals surface area contributed by atoms with Gasteiger partial charge in [-0.3, -0.25) is 0 Å². The van der Waals surface area contributed by atoms with Gasteiger partial charge in [0.2, 0.25) is 0 Å². The molecule has 1 aliphatic rings. The molecule has 1 aromatic rings. The van der Waals surface area contributed by atoms with Crippen LogP contribution in [0, 0.1) is 0 Å². The zero-order valence-electron chi connectivity index (χ0n) is 8.95. The molecule has 1 N–H and O–H groups in total. The Labute approximate surface area is 90.5 Å². The Morgan fingerprint density at radius 1 is 1.43 bits per heavy atom. The molecule has 0 amide bonds. The van der Waals surface area contributed by atoms with Crippen molar-refractivity contribution in [2.45, 2.75) is 32.6 Å². The van der Waals surface area contributed by atoms with Crippen LogP contribution < -0.4 is 5.32 Å². The average molecular weight is 210 g/mol. The molecule has 0 aromatic heterocycles. The van der Waals surface area contributed by atoms with Gasteiger partial charge < -0.3 is 5.32 Å². The van der Waals surface area contributed by atoms with Crippen LogP contribution in [-0.4, -0.2) is 6.54 Å². The number of anilines is 1. The van der Waals surface area contributed by atoms with Gasteiger partial charge in [0.15, 0.2) is 0 Å². The summed E-state index contributed by atoms with van der Waals surface area (Å²) in [4.78, 5) is 0. The second kappa shape index (κ2) is 3.16. The van der Waals surface area contributed by atoms with Gasteiger partial charge in [-0.25, -0.2) is 0 Å². The van der Waals surface area contributed by atoms with Crippen molar-refractivity contribution in [3.05, 3.63) is 28.3 Å². The van der Waals surface area contributed by atoms with Crippen LogP contribution in [0.25, 0.3) is 0 Å². The number of nitrogens with one attached hydrogen (secondary N) is 1. The molecular weight excluding hydrogens is 194 g/mol. The SMILES string of the molecule is CCc1cc2c(cc1Cl)NCC2(C)C. The molecule has 0 spiro atoms. The molecule has 0 unspecified atom stereocenters. The summed E-state index contributed by atoms with van der Waals surface area (Å²) in [5.74, 6) is 0. The number of fused-ring (bicyclic) bond motifs is 1. The number of rotatable bonds is 1. The summed E-state index contributed by atoms with van der Waals surface area (Å²) >= 11 is 6.16. The van der Waals surface area contributed by atoms with Crippen molar-refractivity contribution >= 4 is 17.3 Å². The molecule has 0 aliphatic carbocycles. The topological polar surface area (TPSA) is 12.0 Å². The van der Waals surface area contributed by atoms with Crippen molar-refractivity contribution in [1.82, 2.24) is 0 Å². The molecule has 0 saturated heterocycles. The van der Waals surface area contributed by atoms with Crippen LogP contribution in [0.3, 0.4) is 0 Å². The van der Waals surface area contributed by atoms with Gasteiger partial charge in [-0.1, -0.05) is 38.4 Å². The summed E-state index contributed by atoms with van der Waals surface area (Å²) in [6.45, 7) is 7.67. The lowest BCUT2D eigenvalue weighted by Gasteiger charge is -2.18. The van der Waals surface area contributed by atoms with E-state index in [2.05, 4.69) is 38.2 Å². The first kappa shape index (κ1) is 9.85. The zero-order valence-corrected chi connectivity index (χ0v) is 9.70. The van der Waals surface area contributed by atoms with Crippen molar-refractivity contribution in [2.75, 3.05) is 11.9 Å². The highest BCUT2D eigenvalue weighted by molar-refractivity contribution is 6.31.